The Balaban J connectivity index is 1.80. The van der Waals surface area contributed by atoms with Crippen LogP contribution >= 0.6 is 0 Å². The van der Waals surface area contributed by atoms with Gasteiger partial charge in [0.05, 0.1) is 5.54 Å². The average Bonchev–Trinajstić information content (AvgIpc) is 3.13. The van der Waals surface area contributed by atoms with Gasteiger partial charge in [0.25, 0.3) is 0 Å². The van der Waals surface area contributed by atoms with Gasteiger partial charge in [-0.15, -0.1) is 0 Å². The molecule has 0 radical (unpaired) electrons. The van der Waals surface area contributed by atoms with Gasteiger partial charge in [0, 0.05) is 6.54 Å². The largest absolute Gasteiger partial charge is 0.354 e. The SMILES string of the molecule is Cc1cccc(CCNC(=O)C(C)(N)C2CC2)c1. The van der Waals surface area contributed by atoms with Crippen molar-refractivity contribution in [2.45, 2.75) is 38.6 Å². The molecule has 0 saturated heterocycles. The van der Waals surface area contributed by atoms with Crippen LogP contribution in [0.2, 0.25) is 0 Å². The second-order valence-electron chi connectivity index (χ2n) is 5.55. The zero-order valence-corrected chi connectivity index (χ0v) is 11.2. The number of rotatable bonds is 5. The molecule has 3 heteroatoms. The molecule has 98 valence electrons. The summed E-state index contributed by atoms with van der Waals surface area (Å²) in [4.78, 5) is 12.0. The molecule has 3 nitrogen and oxygen atoms in total. The van der Waals surface area contributed by atoms with E-state index in [1.54, 1.807) is 0 Å². The van der Waals surface area contributed by atoms with Crippen LogP contribution in [-0.2, 0) is 11.2 Å². The van der Waals surface area contributed by atoms with Gasteiger partial charge in [-0.25, -0.2) is 0 Å². The fourth-order valence-electron chi connectivity index (χ4n) is 2.25. The van der Waals surface area contributed by atoms with Crippen molar-refractivity contribution in [1.29, 1.82) is 0 Å². The standard InChI is InChI=1S/C15H22N2O/c1-11-4-3-5-12(10-11)8-9-17-14(18)15(2,16)13-6-7-13/h3-5,10,13H,6-9,16H2,1-2H3,(H,17,18). The molecular formula is C15H22N2O. The summed E-state index contributed by atoms with van der Waals surface area (Å²) in [5.41, 5.74) is 7.87. The van der Waals surface area contributed by atoms with Gasteiger partial charge in [0.2, 0.25) is 5.91 Å². The Labute approximate surface area is 109 Å². The van der Waals surface area contributed by atoms with Gasteiger partial charge in [-0.3, -0.25) is 4.79 Å². The van der Waals surface area contributed by atoms with Gasteiger partial charge in [0.15, 0.2) is 0 Å². The topological polar surface area (TPSA) is 55.1 Å². The molecule has 1 saturated carbocycles. The number of benzene rings is 1. The number of aryl methyl sites for hydroxylation is 1. The lowest BCUT2D eigenvalue weighted by atomic mass is 9.96. The molecule has 0 aliphatic heterocycles. The van der Waals surface area contributed by atoms with Gasteiger partial charge in [-0.2, -0.15) is 0 Å². The monoisotopic (exact) mass is 246 g/mol. The molecule has 1 fully saturated rings. The molecular weight excluding hydrogens is 224 g/mol. The summed E-state index contributed by atoms with van der Waals surface area (Å²) >= 11 is 0. The van der Waals surface area contributed by atoms with Gasteiger partial charge >= 0.3 is 0 Å². The summed E-state index contributed by atoms with van der Waals surface area (Å²) < 4.78 is 0. The zero-order valence-electron chi connectivity index (χ0n) is 11.2. The van der Waals surface area contributed by atoms with Crippen molar-refractivity contribution in [3.8, 4) is 0 Å². The van der Waals surface area contributed by atoms with E-state index in [1.165, 1.54) is 11.1 Å². The van der Waals surface area contributed by atoms with Crippen molar-refractivity contribution >= 4 is 5.91 Å². The van der Waals surface area contributed by atoms with Crippen LogP contribution in [0.3, 0.4) is 0 Å². The number of amides is 1. The molecule has 1 aromatic rings. The summed E-state index contributed by atoms with van der Waals surface area (Å²) in [6.07, 6.45) is 3.02. The third-order valence-corrected chi connectivity index (χ3v) is 3.70. The molecule has 3 N–H and O–H groups in total. The fraction of sp³-hybridized carbons (Fsp3) is 0.533. The molecule has 1 amide bonds. The van der Waals surface area contributed by atoms with Crippen LogP contribution in [0.4, 0.5) is 0 Å². The third kappa shape index (κ3) is 3.10. The number of hydrogen-bond donors (Lipinski definition) is 2. The number of carbonyl (C=O) groups is 1. The molecule has 0 aromatic heterocycles. The Bertz CT molecular complexity index is 436. The van der Waals surface area contributed by atoms with E-state index in [0.717, 1.165) is 19.3 Å². The highest BCUT2D eigenvalue weighted by Gasteiger charge is 2.43. The second-order valence-corrected chi connectivity index (χ2v) is 5.55. The molecule has 1 aliphatic carbocycles. The lowest BCUT2D eigenvalue weighted by Gasteiger charge is -2.23. The quantitative estimate of drug-likeness (QED) is 0.832. The minimum atomic E-state index is -0.688. The normalized spacial score (nSPS) is 18.2. The molecule has 0 spiro atoms. The van der Waals surface area contributed by atoms with Crippen molar-refractivity contribution in [3.63, 3.8) is 0 Å². The van der Waals surface area contributed by atoms with E-state index in [2.05, 4.69) is 30.4 Å². The Hall–Kier alpha value is -1.35. The van der Waals surface area contributed by atoms with Crippen LogP contribution in [0.15, 0.2) is 24.3 Å². The molecule has 2 rings (SSSR count). The van der Waals surface area contributed by atoms with Gasteiger partial charge in [0.1, 0.15) is 0 Å². The average molecular weight is 246 g/mol. The van der Waals surface area contributed by atoms with Crippen molar-refractivity contribution in [3.05, 3.63) is 35.4 Å². The first-order chi connectivity index (χ1) is 8.50. The van der Waals surface area contributed by atoms with Crippen LogP contribution in [0.1, 0.15) is 30.9 Å². The first-order valence-corrected chi connectivity index (χ1v) is 6.63. The van der Waals surface area contributed by atoms with Gasteiger partial charge < -0.3 is 11.1 Å². The maximum atomic E-state index is 12.0. The predicted octanol–water partition coefficient (Wildman–Crippen LogP) is 1.78. The highest BCUT2D eigenvalue weighted by atomic mass is 16.2. The maximum Gasteiger partial charge on any atom is 0.240 e. The lowest BCUT2D eigenvalue weighted by molar-refractivity contribution is -0.126. The molecule has 1 aromatic carbocycles. The Morgan fingerprint density at radius 2 is 2.22 bits per heavy atom. The fourth-order valence-corrected chi connectivity index (χ4v) is 2.25. The minimum absolute atomic E-state index is 0.0161. The third-order valence-electron chi connectivity index (χ3n) is 3.70. The molecule has 1 unspecified atom stereocenters. The van der Waals surface area contributed by atoms with Gasteiger partial charge in [-0.05, 0) is 44.6 Å². The summed E-state index contributed by atoms with van der Waals surface area (Å²) in [6.45, 7) is 4.57. The van der Waals surface area contributed by atoms with Crippen LogP contribution in [0.5, 0.6) is 0 Å². The number of carbonyl (C=O) groups excluding carboxylic acids is 1. The molecule has 0 bridgehead atoms. The van der Waals surface area contributed by atoms with E-state index in [1.807, 2.05) is 13.0 Å². The molecule has 18 heavy (non-hydrogen) atoms. The Morgan fingerprint density at radius 3 is 2.83 bits per heavy atom. The first-order valence-electron chi connectivity index (χ1n) is 6.63. The van der Waals surface area contributed by atoms with Crippen LogP contribution < -0.4 is 11.1 Å². The van der Waals surface area contributed by atoms with E-state index in [4.69, 9.17) is 5.73 Å². The Kier molecular flexibility index (Phi) is 3.71. The lowest BCUT2D eigenvalue weighted by Crippen LogP contribution is -2.53. The predicted molar refractivity (Wildman–Crippen MR) is 73.2 cm³/mol. The number of hydrogen-bond acceptors (Lipinski definition) is 2. The minimum Gasteiger partial charge on any atom is -0.354 e. The van der Waals surface area contributed by atoms with Crippen molar-refractivity contribution < 1.29 is 4.79 Å². The van der Waals surface area contributed by atoms with Crippen LogP contribution in [0.25, 0.3) is 0 Å². The summed E-state index contributed by atoms with van der Waals surface area (Å²) in [6, 6.07) is 8.35. The van der Waals surface area contributed by atoms with E-state index in [9.17, 15) is 4.79 Å². The summed E-state index contributed by atoms with van der Waals surface area (Å²) in [5.74, 6) is 0.356. The molecule has 1 atom stereocenters. The molecule has 1 aliphatic rings. The summed E-state index contributed by atoms with van der Waals surface area (Å²) in [5, 5.41) is 2.95. The van der Waals surface area contributed by atoms with Crippen LogP contribution in [0, 0.1) is 12.8 Å². The molecule has 0 heterocycles. The highest BCUT2D eigenvalue weighted by Crippen LogP contribution is 2.38. The summed E-state index contributed by atoms with van der Waals surface area (Å²) in [7, 11) is 0. The van der Waals surface area contributed by atoms with Crippen molar-refractivity contribution in [2.75, 3.05) is 6.54 Å². The van der Waals surface area contributed by atoms with E-state index >= 15 is 0 Å². The highest BCUT2D eigenvalue weighted by molar-refractivity contribution is 5.86. The van der Waals surface area contributed by atoms with E-state index in [-0.39, 0.29) is 5.91 Å². The number of nitrogens with one attached hydrogen (secondary N) is 1. The second kappa shape index (κ2) is 5.11. The van der Waals surface area contributed by atoms with Gasteiger partial charge in [-0.1, -0.05) is 29.8 Å². The maximum absolute atomic E-state index is 12.0. The van der Waals surface area contributed by atoms with Crippen molar-refractivity contribution in [1.82, 2.24) is 5.32 Å². The zero-order chi connectivity index (χ0) is 13.2. The first kappa shape index (κ1) is 13.1. The smallest absolute Gasteiger partial charge is 0.240 e. The number of nitrogens with two attached hydrogens (primary N) is 1. The van der Waals surface area contributed by atoms with E-state index in [0.29, 0.717) is 12.5 Å². The van der Waals surface area contributed by atoms with Crippen molar-refractivity contribution in [2.24, 2.45) is 11.7 Å². The van der Waals surface area contributed by atoms with E-state index < -0.39 is 5.54 Å². The Morgan fingerprint density at radius 1 is 1.50 bits per heavy atom. The van der Waals surface area contributed by atoms with Crippen LogP contribution in [-0.4, -0.2) is 18.0 Å².